The quantitative estimate of drug-likeness (QED) is 0.0261. The number of unbranched alkanes of at least 4 members (excludes halogenated alkanes) is 53. The minimum atomic E-state index is -0.772. The van der Waals surface area contributed by atoms with Gasteiger partial charge in [0.05, 0.1) is 0 Å². The molecule has 0 bridgehead atoms. The molecule has 6 nitrogen and oxygen atoms in total. The van der Waals surface area contributed by atoms with Crippen LogP contribution in [0.4, 0.5) is 0 Å². The van der Waals surface area contributed by atoms with Crippen LogP contribution in [0.15, 0.2) is 36.5 Å². The molecule has 0 saturated heterocycles. The fraction of sp³-hybridized carbons (Fsp3) is 0.883. The van der Waals surface area contributed by atoms with E-state index in [4.69, 9.17) is 14.2 Å². The summed E-state index contributed by atoms with van der Waals surface area (Å²) < 4.78 is 17.1. The van der Waals surface area contributed by atoms with Crippen molar-refractivity contribution in [1.29, 1.82) is 0 Å². The third-order valence-corrected chi connectivity index (χ3v) is 17.1. The Bertz CT molecular complexity index is 1380. The predicted molar refractivity (Wildman–Crippen MR) is 362 cm³/mol. The van der Waals surface area contributed by atoms with Crippen LogP contribution in [0.3, 0.4) is 0 Å². The molecule has 0 aliphatic rings. The highest BCUT2D eigenvalue weighted by atomic mass is 16.6. The highest BCUT2D eigenvalue weighted by Gasteiger charge is 2.20. The van der Waals surface area contributed by atoms with Gasteiger partial charge in [0.15, 0.2) is 6.10 Å². The fourth-order valence-electron chi connectivity index (χ4n) is 11.5. The predicted octanol–water partition coefficient (Wildman–Crippen LogP) is 25.9. The number of hydrogen-bond donors (Lipinski definition) is 0. The third kappa shape index (κ3) is 70.3. The summed E-state index contributed by atoms with van der Waals surface area (Å²) in [6.45, 7) is 6.72. The summed E-state index contributed by atoms with van der Waals surface area (Å²) in [5.74, 6) is -0.834. The largest absolute Gasteiger partial charge is 0.462 e. The lowest BCUT2D eigenvalue weighted by atomic mass is 10.0. The van der Waals surface area contributed by atoms with Crippen LogP contribution >= 0.6 is 0 Å². The Morgan fingerprint density at radius 2 is 0.434 bits per heavy atom. The Morgan fingerprint density at radius 1 is 0.241 bits per heavy atom. The standard InChI is InChI=1S/C77H144O6/c1-4-7-10-13-16-19-22-25-28-31-34-37-38-39-40-41-44-46-49-52-55-58-61-64-67-70-76(79)82-73-74(83-77(80)71-68-65-62-59-56-53-50-47-43-36-33-30-27-24-21-18-15-12-9-6-3)72-81-75(78)69-66-63-60-57-54-51-48-45-42-35-32-29-26-23-20-17-14-11-8-5-2/h22,25,31,34,38-39,74H,4-21,23-24,26-30,32-33,35-37,40-73H2,1-3H3/b25-22-,34-31-,39-38-. The Labute approximate surface area is 518 Å². The molecule has 0 aromatic rings. The lowest BCUT2D eigenvalue weighted by Crippen LogP contribution is -2.30. The normalized spacial score (nSPS) is 12.2. The SMILES string of the molecule is CCCCCCC/C=C\C/C=C\C/C=C\CCCCCCCCCCCCC(=O)OCC(COC(=O)CCCCCCCCCCCCCCCCCCCCCC)OC(=O)CCCCCCCCCCCCCCCCCCCCCC. The first-order valence-corrected chi connectivity index (χ1v) is 37.5. The lowest BCUT2D eigenvalue weighted by molar-refractivity contribution is -0.167. The molecule has 83 heavy (non-hydrogen) atoms. The van der Waals surface area contributed by atoms with Gasteiger partial charge in [0.2, 0.25) is 0 Å². The van der Waals surface area contributed by atoms with Crippen molar-refractivity contribution in [1.82, 2.24) is 0 Å². The van der Waals surface area contributed by atoms with Gasteiger partial charge in [0.1, 0.15) is 13.2 Å². The number of rotatable bonds is 70. The molecule has 0 aromatic carbocycles. The van der Waals surface area contributed by atoms with Gasteiger partial charge in [-0.3, -0.25) is 14.4 Å². The van der Waals surface area contributed by atoms with E-state index < -0.39 is 6.10 Å². The molecular weight excluding hydrogens is 1020 g/mol. The average molecular weight is 1170 g/mol. The molecular formula is C77H144O6. The van der Waals surface area contributed by atoms with Gasteiger partial charge in [0.25, 0.3) is 0 Å². The molecule has 1 unspecified atom stereocenters. The van der Waals surface area contributed by atoms with Gasteiger partial charge in [-0.05, 0) is 57.8 Å². The van der Waals surface area contributed by atoms with Gasteiger partial charge in [-0.25, -0.2) is 0 Å². The van der Waals surface area contributed by atoms with E-state index >= 15 is 0 Å². The number of carbonyl (C=O) groups is 3. The first kappa shape index (κ1) is 80.6. The van der Waals surface area contributed by atoms with Crippen LogP contribution in [0, 0.1) is 0 Å². The first-order valence-electron chi connectivity index (χ1n) is 37.5. The summed E-state index contributed by atoms with van der Waals surface area (Å²) in [7, 11) is 0. The van der Waals surface area contributed by atoms with E-state index in [-0.39, 0.29) is 31.1 Å². The van der Waals surface area contributed by atoms with Crippen molar-refractivity contribution in [3.8, 4) is 0 Å². The van der Waals surface area contributed by atoms with Gasteiger partial charge in [-0.15, -0.1) is 0 Å². The van der Waals surface area contributed by atoms with E-state index in [1.54, 1.807) is 0 Å². The van der Waals surface area contributed by atoms with Crippen molar-refractivity contribution in [2.45, 2.75) is 425 Å². The second-order valence-corrected chi connectivity index (χ2v) is 25.6. The van der Waals surface area contributed by atoms with Gasteiger partial charge in [0, 0.05) is 19.3 Å². The van der Waals surface area contributed by atoms with Gasteiger partial charge >= 0.3 is 17.9 Å². The molecule has 0 rings (SSSR count). The van der Waals surface area contributed by atoms with E-state index in [2.05, 4.69) is 57.2 Å². The maximum Gasteiger partial charge on any atom is 0.306 e. The zero-order valence-electron chi connectivity index (χ0n) is 56.2. The molecule has 0 radical (unpaired) electrons. The molecule has 0 aromatic heterocycles. The van der Waals surface area contributed by atoms with E-state index in [0.717, 1.165) is 70.6 Å². The van der Waals surface area contributed by atoms with Crippen LogP contribution in [-0.4, -0.2) is 37.2 Å². The van der Waals surface area contributed by atoms with Crippen molar-refractivity contribution in [2.75, 3.05) is 13.2 Å². The van der Waals surface area contributed by atoms with Crippen molar-refractivity contribution >= 4 is 17.9 Å². The van der Waals surface area contributed by atoms with E-state index in [1.807, 2.05) is 0 Å². The Hall–Kier alpha value is -2.37. The maximum atomic E-state index is 13.0. The first-order chi connectivity index (χ1) is 41.0. The van der Waals surface area contributed by atoms with Crippen molar-refractivity contribution in [3.63, 3.8) is 0 Å². The minimum absolute atomic E-state index is 0.0665. The second kappa shape index (κ2) is 72.1. The summed E-state index contributed by atoms with van der Waals surface area (Å²) in [6, 6.07) is 0. The Morgan fingerprint density at radius 3 is 0.675 bits per heavy atom. The van der Waals surface area contributed by atoms with Crippen LogP contribution < -0.4 is 0 Å². The lowest BCUT2D eigenvalue weighted by Gasteiger charge is -2.18. The smallest absolute Gasteiger partial charge is 0.306 e. The molecule has 6 heteroatoms. The summed E-state index contributed by atoms with van der Waals surface area (Å²) in [5.41, 5.74) is 0. The molecule has 0 amide bonds. The summed E-state index contributed by atoms with van der Waals surface area (Å²) in [6.07, 6.45) is 90.3. The van der Waals surface area contributed by atoms with E-state index in [9.17, 15) is 14.4 Å². The topological polar surface area (TPSA) is 78.9 Å². The molecule has 0 heterocycles. The number of ether oxygens (including phenoxy) is 3. The monoisotopic (exact) mass is 1170 g/mol. The number of carbonyl (C=O) groups excluding carboxylic acids is 3. The van der Waals surface area contributed by atoms with Gasteiger partial charge < -0.3 is 14.2 Å². The van der Waals surface area contributed by atoms with E-state index in [1.165, 1.54) is 308 Å². The molecule has 0 fully saturated rings. The molecule has 0 aliphatic carbocycles. The minimum Gasteiger partial charge on any atom is -0.462 e. The third-order valence-electron chi connectivity index (χ3n) is 17.1. The van der Waals surface area contributed by atoms with Crippen LogP contribution in [0.5, 0.6) is 0 Å². The maximum absolute atomic E-state index is 13.0. The van der Waals surface area contributed by atoms with Crippen LogP contribution in [0.25, 0.3) is 0 Å². The van der Waals surface area contributed by atoms with Crippen molar-refractivity contribution < 1.29 is 28.6 Å². The number of esters is 3. The molecule has 0 N–H and O–H groups in total. The van der Waals surface area contributed by atoms with Crippen molar-refractivity contribution in [2.24, 2.45) is 0 Å². The average Bonchev–Trinajstić information content (AvgIpc) is 3.49. The number of allylic oxidation sites excluding steroid dienone is 6. The summed E-state index contributed by atoms with van der Waals surface area (Å²) in [5, 5.41) is 0. The van der Waals surface area contributed by atoms with Gasteiger partial charge in [-0.2, -0.15) is 0 Å². The Balaban J connectivity index is 4.30. The zero-order chi connectivity index (χ0) is 59.9. The summed E-state index contributed by atoms with van der Waals surface area (Å²) in [4.78, 5) is 38.6. The molecule has 1 atom stereocenters. The Kier molecular flexibility index (Phi) is 70.0. The van der Waals surface area contributed by atoms with E-state index in [0.29, 0.717) is 19.3 Å². The van der Waals surface area contributed by atoms with Crippen LogP contribution in [0.1, 0.15) is 419 Å². The zero-order valence-corrected chi connectivity index (χ0v) is 56.2. The molecule has 488 valence electrons. The molecule has 0 aliphatic heterocycles. The van der Waals surface area contributed by atoms with Crippen LogP contribution in [-0.2, 0) is 28.6 Å². The highest BCUT2D eigenvalue weighted by molar-refractivity contribution is 5.71. The van der Waals surface area contributed by atoms with Crippen LogP contribution in [0.2, 0.25) is 0 Å². The molecule has 0 spiro atoms. The fourth-order valence-corrected chi connectivity index (χ4v) is 11.5. The number of hydrogen-bond acceptors (Lipinski definition) is 6. The second-order valence-electron chi connectivity index (χ2n) is 25.6. The van der Waals surface area contributed by atoms with Gasteiger partial charge in [-0.1, -0.05) is 378 Å². The molecule has 0 saturated carbocycles. The van der Waals surface area contributed by atoms with Crippen molar-refractivity contribution in [3.05, 3.63) is 36.5 Å². The highest BCUT2D eigenvalue weighted by Crippen LogP contribution is 2.19. The summed E-state index contributed by atoms with van der Waals surface area (Å²) >= 11 is 0.